The lowest BCUT2D eigenvalue weighted by Crippen LogP contribution is -2.38. The molecule has 34 heavy (non-hydrogen) atoms. The maximum absolute atomic E-state index is 12.7. The summed E-state index contributed by atoms with van der Waals surface area (Å²) in [6.07, 6.45) is 0.405. The van der Waals surface area contributed by atoms with Gasteiger partial charge in [0.05, 0.1) is 11.6 Å². The number of hydrogen-bond acceptors (Lipinski definition) is 6. The molecule has 0 saturated carbocycles. The SMILES string of the molecule is O=C(O)C(=O)Nc1sc2c(c1C(=O)O)CCNC2CNC(=O)c1ccc(-c2ccccc2)cc1. The first-order valence-electron chi connectivity index (χ1n) is 10.5. The van der Waals surface area contributed by atoms with Crippen LogP contribution in [0.15, 0.2) is 54.6 Å². The molecule has 2 amide bonds. The predicted octanol–water partition coefficient (Wildman–Crippen LogP) is 2.75. The molecule has 10 heteroatoms. The minimum atomic E-state index is -1.71. The Balaban J connectivity index is 1.48. The zero-order chi connectivity index (χ0) is 24.2. The Kier molecular flexibility index (Phi) is 6.71. The van der Waals surface area contributed by atoms with E-state index >= 15 is 0 Å². The van der Waals surface area contributed by atoms with Gasteiger partial charge in [-0.25, -0.2) is 9.59 Å². The van der Waals surface area contributed by atoms with Crippen LogP contribution in [0.4, 0.5) is 5.00 Å². The highest BCUT2D eigenvalue weighted by molar-refractivity contribution is 7.17. The topological polar surface area (TPSA) is 145 Å². The van der Waals surface area contributed by atoms with Crippen molar-refractivity contribution < 1.29 is 29.4 Å². The molecule has 2 aromatic carbocycles. The van der Waals surface area contributed by atoms with Gasteiger partial charge in [0.2, 0.25) is 0 Å². The van der Waals surface area contributed by atoms with Gasteiger partial charge in [-0.05, 0) is 41.8 Å². The fraction of sp³-hybridized carbons (Fsp3) is 0.167. The highest BCUT2D eigenvalue weighted by Crippen LogP contribution is 2.39. The van der Waals surface area contributed by atoms with Gasteiger partial charge in [0, 0.05) is 17.0 Å². The lowest BCUT2D eigenvalue weighted by molar-refractivity contribution is -0.147. The number of aromatic carboxylic acids is 1. The highest BCUT2D eigenvalue weighted by Gasteiger charge is 2.31. The van der Waals surface area contributed by atoms with Gasteiger partial charge in [0.25, 0.3) is 5.91 Å². The zero-order valence-corrected chi connectivity index (χ0v) is 18.6. The number of carbonyl (C=O) groups is 4. The van der Waals surface area contributed by atoms with Crippen molar-refractivity contribution in [2.24, 2.45) is 0 Å². The largest absolute Gasteiger partial charge is 0.478 e. The Morgan fingerprint density at radius 3 is 2.29 bits per heavy atom. The van der Waals surface area contributed by atoms with Crippen molar-refractivity contribution in [3.63, 3.8) is 0 Å². The quantitative estimate of drug-likeness (QED) is 0.342. The van der Waals surface area contributed by atoms with Crippen molar-refractivity contribution >= 4 is 40.1 Å². The van der Waals surface area contributed by atoms with Crippen LogP contribution in [0, 0.1) is 0 Å². The van der Waals surface area contributed by atoms with E-state index in [1.165, 1.54) is 0 Å². The molecule has 0 bridgehead atoms. The minimum absolute atomic E-state index is 0.0265. The zero-order valence-electron chi connectivity index (χ0n) is 17.8. The van der Waals surface area contributed by atoms with Crippen LogP contribution in [0.5, 0.6) is 0 Å². The van der Waals surface area contributed by atoms with Crippen LogP contribution in [-0.4, -0.2) is 47.1 Å². The van der Waals surface area contributed by atoms with Crippen molar-refractivity contribution in [3.05, 3.63) is 76.2 Å². The molecule has 1 atom stereocenters. The molecule has 0 fully saturated rings. The number of hydrogen-bond donors (Lipinski definition) is 5. The lowest BCUT2D eigenvalue weighted by atomic mass is 9.99. The number of rotatable bonds is 6. The molecule has 0 aliphatic carbocycles. The van der Waals surface area contributed by atoms with Gasteiger partial charge < -0.3 is 26.2 Å². The Hall–Kier alpha value is -4.02. The van der Waals surface area contributed by atoms with Crippen molar-refractivity contribution in [2.75, 3.05) is 18.4 Å². The summed E-state index contributed by atoms with van der Waals surface area (Å²) in [6, 6.07) is 16.6. The number of amides is 2. The molecule has 0 radical (unpaired) electrons. The van der Waals surface area contributed by atoms with Gasteiger partial charge >= 0.3 is 17.8 Å². The second kappa shape index (κ2) is 9.86. The van der Waals surface area contributed by atoms with Gasteiger partial charge in [0.1, 0.15) is 5.00 Å². The third-order valence-electron chi connectivity index (χ3n) is 5.48. The normalized spacial score (nSPS) is 14.6. The van der Waals surface area contributed by atoms with Gasteiger partial charge in [-0.2, -0.15) is 0 Å². The number of carboxylic acids is 2. The molecule has 9 nitrogen and oxygen atoms in total. The average molecular weight is 480 g/mol. The van der Waals surface area contributed by atoms with Crippen LogP contribution in [-0.2, 0) is 16.0 Å². The molecule has 1 aromatic heterocycles. The number of fused-ring (bicyclic) bond motifs is 1. The average Bonchev–Trinajstić information content (AvgIpc) is 3.21. The van der Waals surface area contributed by atoms with Crippen LogP contribution >= 0.6 is 11.3 Å². The van der Waals surface area contributed by atoms with Crippen LogP contribution in [0.25, 0.3) is 11.1 Å². The van der Waals surface area contributed by atoms with Crippen molar-refractivity contribution in [2.45, 2.75) is 12.5 Å². The Labute approximate surface area is 198 Å². The summed E-state index contributed by atoms with van der Waals surface area (Å²) in [5.74, 6) is -4.54. The van der Waals surface area contributed by atoms with E-state index in [1.54, 1.807) is 12.1 Å². The molecule has 5 N–H and O–H groups in total. The number of carbonyl (C=O) groups excluding carboxylic acids is 2. The number of nitrogens with one attached hydrogen (secondary N) is 3. The minimum Gasteiger partial charge on any atom is -0.478 e. The number of benzene rings is 2. The first kappa shape index (κ1) is 23.1. The van der Waals surface area contributed by atoms with Gasteiger partial charge in [-0.1, -0.05) is 42.5 Å². The highest BCUT2D eigenvalue weighted by atomic mass is 32.1. The number of aliphatic carboxylic acids is 1. The van der Waals surface area contributed by atoms with E-state index in [1.807, 2.05) is 42.5 Å². The van der Waals surface area contributed by atoms with Gasteiger partial charge in [-0.15, -0.1) is 11.3 Å². The number of carboxylic acid groups (broad SMARTS) is 2. The third-order valence-corrected chi connectivity index (χ3v) is 6.74. The molecule has 1 aliphatic rings. The van der Waals surface area contributed by atoms with Gasteiger partial charge in [-0.3, -0.25) is 9.59 Å². The molecule has 2 heterocycles. The molecule has 1 aliphatic heterocycles. The van der Waals surface area contributed by atoms with Crippen molar-refractivity contribution in [3.8, 4) is 11.1 Å². The van der Waals surface area contributed by atoms with E-state index in [-0.39, 0.29) is 29.1 Å². The molecule has 1 unspecified atom stereocenters. The summed E-state index contributed by atoms with van der Waals surface area (Å²) in [6.45, 7) is 0.667. The lowest BCUT2D eigenvalue weighted by Gasteiger charge is -2.24. The molecule has 4 rings (SSSR count). The Morgan fingerprint density at radius 2 is 1.65 bits per heavy atom. The van der Waals surface area contributed by atoms with Crippen LogP contribution in [0.3, 0.4) is 0 Å². The molecular weight excluding hydrogens is 458 g/mol. The second-order valence-corrected chi connectivity index (χ2v) is 8.68. The molecule has 174 valence electrons. The summed E-state index contributed by atoms with van der Waals surface area (Å²) in [5.41, 5.74) is 2.95. The summed E-state index contributed by atoms with van der Waals surface area (Å²) in [5, 5.41) is 26.7. The van der Waals surface area contributed by atoms with E-state index in [2.05, 4.69) is 16.0 Å². The summed E-state index contributed by atoms with van der Waals surface area (Å²) in [4.78, 5) is 47.6. The smallest absolute Gasteiger partial charge is 0.394 e. The fourth-order valence-electron chi connectivity index (χ4n) is 3.85. The van der Waals surface area contributed by atoms with E-state index in [0.29, 0.717) is 29.0 Å². The van der Waals surface area contributed by atoms with Crippen molar-refractivity contribution in [1.29, 1.82) is 0 Å². The Bertz CT molecular complexity index is 1250. The second-order valence-electron chi connectivity index (χ2n) is 7.62. The predicted molar refractivity (Wildman–Crippen MR) is 126 cm³/mol. The van der Waals surface area contributed by atoms with E-state index in [4.69, 9.17) is 5.11 Å². The van der Waals surface area contributed by atoms with E-state index < -0.39 is 17.8 Å². The first-order valence-corrected chi connectivity index (χ1v) is 11.3. The maximum atomic E-state index is 12.7. The summed E-state index contributed by atoms with van der Waals surface area (Å²) < 4.78 is 0. The molecule has 3 aromatic rings. The third kappa shape index (κ3) is 4.82. The molecular formula is C24H21N3O6S. The fourth-order valence-corrected chi connectivity index (χ4v) is 5.17. The van der Waals surface area contributed by atoms with E-state index in [9.17, 15) is 24.3 Å². The number of anilines is 1. The Morgan fingerprint density at radius 1 is 0.971 bits per heavy atom. The van der Waals surface area contributed by atoms with Crippen LogP contribution in [0.2, 0.25) is 0 Å². The monoisotopic (exact) mass is 479 g/mol. The molecule has 0 spiro atoms. The van der Waals surface area contributed by atoms with Crippen LogP contribution < -0.4 is 16.0 Å². The van der Waals surface area contributed by atoms with E-state index in [0.717, 1.165) is 22.5 Å². The number of thiophene rings is 1. The maximum Gasteiger partial charge on any atom is 0.394 e. The molecule has 0 saturated heterocycles. The summed E-state index contributed by atoms with van der Waals surface area (Å²) in [7, 11) is 0. The summed E-state index contributed by atoms with van der Waals surface area (Å²) >= 11 is 1.00. The van der Waals surface area contributed by atoms with Crippen molar-refractivity contribution in [1.82, 2.24) is 10.6 Å². The van der Waals surface area contributed by atoms with Crippen LogP contribution in [0.1, 0.15) is 37.2 Å². The standard InChI is InChI=1S/C24H21N3O6S/c28-20(15-8-6-14(7-9-15)13-4-2-1-3-5-13)26-12-17-19-16(10-11-25-17)18(23(30)31)22(34-19)27-21(29)24(32)33/h1-9,17,25H,10-12H2,(H,26,28)(H,27,29)(H,30,31)(H,32,33). The first-order chi connectivity index (χ1) is 16.3. The van der Waals surface area contributed by atoms with Gasteiger partial charge in [0.15, 0.2) is 0 Å².